The SMILES string of the molecule is Cc1ccc(S(=O)(=O)N(CCc2ccc([N+](=O)[O-])cc2)Cc2ccccc2)cc1. The fraction of sp³-hybridized carbons (Fsp3) is 0.182. The van der Waals surface area contributed by atoms with Crippen LogP contribution >= 0.6 is 0 Å². The maximum Gasteiger partial charge on any atom is 0.269 e. The molecule has 0 saturated carbocycles. The van der Waals surface area contributed by atoms with Gasteiger partial charge in [0.25, 0.3) is 5.69 Å². The summed E-state index contributed by atoms with van der Waals surface area (Å²) in [6, 6.07) is 22.4. The number of nitrogens with zero attached hydrogens (tertiary/aromatic N) is 2. The van der Waals surface area contributed by atoms with Crippen molar-refractivity contribution in [1.29, 1.82) is 0 Å². The van der Waals surface area contributed by atoms with E-state index in [1.807, 2.05) is 37.3 Å². The van der Waals surface area contributed by atoms with Gasteiger partial charge in [-0.15, -0.1) is 0 Å². The molecule has 3 aromatic carbocycles. The molecule has 0 unspecified atom stereocenters. The van der Waals surface area contributed by atoms with Gasteiger partial charge in [0.1, 0.15) is 0 Å². The van der Waals surface area contributed by atoms with E-state index >= 15 is 0 Å². The third-order valence-corrected chi connectivity index (χ3v) is 6.52. The third-order valence-electron chi connectivity index (χ3n) is 4.66. The molecule has 3 aromatic rings. The quantitative estimate of drug-likeness (QED) is 0.409. The Morgan fingerprint density at radius 1 is 0.862 bits per heavy atom. The van der Waals surface area contributed by atoms with E-state index in [0.29, 0.717) is 6.42 Å². The van der Waals surface area contributed by atoms with Crippen LogP contribution in [-0.2, 0) is 23.0 Å². The van der Waals surface area contributed by atoms with Gasteiger partial charge < -0.3 is 0 Å². The van der Waals surface area contributed by atoms with Gasteiger partial charge in [0.15, 0.2) is 0 Å². The molecule has 0 bridgehead atoms. The smallest absolute Gasteiger partial charge is 0.258 e. The first-order chi connectivity index (χ1) is 13.9. The summed E-state index contributed by atoms with van der Waals surface area (Å²) in [6.07, 6.45) is 0.454. The van der Waals surface area contributed by atoms with Crippen molar-refractivity contribution in [3.05, 3.63) is 106 Å². The van der Waals surface area contributed by atoms with Crippen molar-refractivity contribution in [2.75, 3.05) is 6.54 Å². The summed E-state index contributed by atoms with van der Waals surface area (Å²) in [5, 5.41) is 10.8. The van der Waals surface area contributed by atoms with Crippen LogP contribution in [0.3, 0.4) is 0 Å². The second kappa shape index (κ2) is 8.98. The monoisotopic (exact) mass is 410 g/mol. The standard InChI is InChI=1S/C22H22N2O4S/c1-18-7-13-22(14-8-18)29(27,28)23(17-20-5-3-2-4-6-20)16-15-19-9-11-21(12-10-19)24(25)26/h2-14H,15-17H2,1H3. The molecule has 0 fully saturated rings. The van der Waals surface area contributed by atoms with E-state index in [-0.39, 0.29) is 23.7 Å². The molecule has 0 spiro atoms. The van der Waals surface area contributed by atoms with Crippen LogP contribution in [0.1, 0.15) is 16.7 Å². The Hall–Kier alpha value is -3.03. The van der Waals surface area contributed by atoms with Gasteiger partial charge in [-0.2, -0.15) is 4.31 Å². The number of hydrogen-bond acceptors (Lipinski definition) is 4. The van der Waals surface area contributed by atoms with Crippen LogP contribution in [0.5, 0.6) is 0 Å². The minimum absolute atomic E-state index is 0.0159. The normalized spacial score (nSPS) is 11.5. The fourth-order valence-electron chi connectivity index (χ4n) is 2.97. The van der Waals surface area contributed by atoms with Crippen LogP contribution in [0.15, 0.2) is 83.8 Å². The largest absolute Gasteiger partial charge is 0.269 e. The molecule has 7 heteroatoms. The van der Waals surface area contributed by atoms with Gasteiger partial charge in [-0.1, -0.05) is 60.2 Å². The minimum atomic E-state index is -3.68. The molecule has 0 atom stereocenters. The number of rotatable bonds is 8. The Bertz CT molecular complexity index is 1060. The van der Waals surface area contributed by atoms with Crippen molar-refractivity contribution in [1.82, 2.24) is 4.31 Å². The van der Waals surface area contributed by atoms with Crippen molar-refractivity contribution < 1.29 is 13.3 Å². The topological polar surface area (TPSA) is 80.5 Å². The molecule has 3 rings (SSSR count). The van der Waals surface area contributed by atoms with Gasteiger partial charge in [-0.05, 0) is 36.6 Å². The zero-order valence-corrected chi connectivity index (χ0v) is 16.9. The molecule has 0 aliphatic rings. The van der Waals surface area contributed by atoms with Crippen LogP contribution in [0.2, 0.25) is 0 Å². The van der Waals surface area contributed by atoms with Crippen molar-refractivity contribution in [3.8, 4) is 0 Å². The van der Waals surface area contributed by atoms with Crippen molar-refractivity contribution >= 4 is 15.7 Å². The zero-order valence-electron chi connectivity index (χ0n) is 16.1. The van der Waals surface area contributed by atoms with Crippen LogP contribution < -0.4 is 0 Å². The number of non-ortho nitro benzene ring substituents is 1. The highest BCUT2D eigenvalue weighted by Crippen LogP contribution is 2.20. The molecule has 6 nitrogen and oxygen atoms in total. The molecule has 0 aliphatic heterocycles. The summed E-state index contributed by atoms with van der Waals surface area (Å²) in [5.41, 5.74) is 2.74. The minimum Gasteiger partial charge on any atom is -0.258 e. The highest BCUT2D eigenvalue weighted by Gasteiger charge is 2.24. The lowest BCUT2D eigenvalue weighted by Crippen LogP contribution is -2.32. The van der Waals surface area contributed by atoms with E-state index in [0.717, 1.165) is 16.7 Å². The first kappa shape index (κ1) is 20.7. The van der Waals surface area contributed by atoms with E-state index in [1.54, 1.807) is 36.4 Å². The number of sulfonamides is 1. The third kappa shape index (κ3) is 5.28. The lowest BCUT2D eigenvalue weighted by molar-refractivity contribution is -0.384. The van der Waals surface area contributed by atoms with Gasteiger partial charge in [-0.3, -0.25) is 10.1 Å². The second-order valence-corrected chi connectivity index (χ2v) is 8.75. The van der Waals surface area contributed by atoms with Crippen molar-refractivity contribution in [3.63, 3.8) is 0 Å². The lowest BCUT2D eigenvalue weighted by Gasteiger charge is -2.22. The summed E-state index contributed by atoms with van der Waals surface area (Å²) < 4.78 is 28.0. The van der Waals surface area contributed by atoms with Crippen LogP contribution in [0.4, 0.5) is 5.69 Å². The first-order valence-electron chi connectivity index (χ1n) is 9.20. The Balaban J connectivity index is 1.84. The Morgan fingerprint density at radius 2 is 1.48 bits per heavy atom. The fourth-order valence-corrected chi connectivity index (χ4v) is 4.40. The molecule has 0 aliphatic carbocycles. The van der Waals surface area contributed by atoms with E-state index in [2.05, 4.69) is 0 Å². The number of nitro benzene ring substituents is 1. The second-order valence-electron chi connectivity index (χ2n) is 6.81. The van der Waals surface area contributed by atoms with Gasteiger partial charge in [0.05, 0.1) is 9.82 Å². The van der Waals surface area contributed by atoms with Gasteiger partial charge >= 0.3 is 0 Å². The van der Waals surface area contributed by atoms with Gasteiger partial charge in [0, 0.05) is 25.2 Å². The molecule has 0 radical (unpaired) electrons. The van der Waals surface area contributed by atoms with Crippen molar-refractivity contribution in [2.24, 2.45) is 0 Å². The molecule has 0 aromatic heterocycles. The molecular formula is C22H22N2O4S. The molecular weight excluding hydrogens is 388 g/mol. The first-order valence-corrected chi connectivity index (χ1v) is 10.6. The van der Waals surface area contributed by atoms with Crippen LogP contribution in [0.25, 0.3) is 0 Å². The molecule has 0 N–H and O–H groups in total. The predicted octanol–water partition coefficient (Wildman–Crippen LogP) is 4.34. The Kier molecular flexibility index (Phi) is 6.41. The molecule has 0 saturated heterocycles. The van der Waals surface area contributed by atoms with E-state index in [4.69, 9.17) is 0 Å². The maximum atomic E-state index is 13.2. The van der Waals surface area contributed by atoms with Crippen molar-refractivity contribution in [2.45, 2.75) is 24.8 Å². The van der Waals surface area contributed by atoms with E-state index in [9.17, 15) is 18.5 Å². The van der Waals surface area contributed by atoms with Crippen LogP contribution in [-0.4, -0.2) is 24.2 Å². The summed E-state index contributed by atoms with van der Waals surface area (Å²) in [6.45, 7) is 2.43. The maximum absolute atomic E-state index is 13.2. The summed E-state index contributed by atoms with van der Waals surface area (Å²) in [4.78, 5) is 10.6. The number of benzene rings is 3. The highest BCUT2D eigenvalue weighted by atomic mass is 32.2. The highest BCUT2D eigenvalue weighted by molar-refractivity contribution is 7.89. The number of nitro groups is 1. The predicted molar refractivity (Wildman–Crippen MR) is 112 cm³/mol. The Morgan fingerprint density at radius 3 is 2.07 bits per heavy atom. The molecule has 150 valence electrons. The lowest BCUT2D eigenvalue weighted by atomic mass is 10.1. The number of hydrogen-bond donors (Lipinski definition) is 0. The average Bonchev–Trinajstić information content (AvgIpc) is 2.72. The molecule has 29 heavy (non-hydrogen) atoms. The molecule has 0 amide bonds. The van der Waals surface area contributed by atoms with E-state index < -0.39 is 14.9 Å². The average molecular weight is 410 g/mol. The molecule has 0 heterocycles. The number of aryl methyl sites for hydroxylation is 1. The summed E-state index contributed by atoms with van der Waals surface area (Å²) >= 11 is 0. The van der Waals surface area contributed by atoms with Gasteiger partial charge in [0.2, 0.25) is 10.0 Å². The van der Waals surface area contributed by atoms with E-state index in [1.165, 1.54) is 16.4 Å². The van der Waals surface area contributed by atoms with Crippen LogP contribution in [0, 0.1) is 17.0 Å². The summed E-state index contributed by atoms with van der Waals surface area (Å²) in [7, 11) is -3.68. The van der Waals surface area contributed by atoms with Gasteiger partial charge in [-0.25, -0.2) is 8.42 Å². The Labute approximate surface area is 170 Å². The zero-order chi connectivity index (χ0) is 20.9. The summed E-state index contributed by atoms with van der Waals surface area (Å²) in [5.74, 6) is 0.